The van der Waals surface area contributed by atoms with Crippen LogP contribution in [0.2, 0.25) is 0 Å². The second-order valence-electron chi connectivity index (χ2n) is 7.47. The highest BCUT2D eigenvalue weighted by atomic mass is 16.6. The van der Waals surface area contributed by atoms with Gasteiger partial charge in [-0.25, -0.2) is 4.79 Å². The van der Waals surface area contributed by atoms with Crippen molar-refractivity contribution in [3.63, 3.8) is 0 Å². The molecule has 8 heteroatoms. The molecule has 0 bridgehead atoms. The second-order valence-corrected chi connectivity index (χ2v) is 7.47. The number of esters is 1. The quantitative estimate of drug-likeness (QED) is 0.378. The van der Waals surface area contributed by atoms with E-state index in [2.05, 4.69) is 5.32 Å². The monoisotopic (exact) mass is 419 g/mol. The number of fused-ring (bicyclic) bond motifs is 2. The fraction of sp³-hybridized carbons (Fsp3) is 0.261. The minimum Gasteiger partial charge on any atom is -0.452 e. The Labute approximate surface area is 178 Å². The van der Waals surface area contributed by atoms with E-state index in [4.69, 9.17) is 9.72 Å². The number of hydrogen-bond donors (Lipinski definition) is 1. The number of nitro groups is 1. The molecule has 0 spiro atoms. The van der Waals surface area contributed by atoms with Crippen LogP contribution in [0.4, 0.5) is 11.4 Å². The lowest BCUT2D eigenvalue weighted by atomic mass is 9.90. The Bertz CT molecular complexity index is 1210. The smallest absolute Gasteiger partial charge is 0.339 e. The number of pyridine rings is 1. The molecular weight excluding hydrogens is 398 g/mol. The van der Waals surface area contributed by atoms with Crippen molar-refractivity contribution in [1.29, 1.82) is 0 Å². The number of nitrogens with zero attached hydrogens (tertiary/aromatic N) is 2. The lowest BCUT2D eigenvalue weighted by Gasteiger charge is -2.20. The van der Waals surface area contributed by atoms with Gasteiger partial charge in [0, 0.05) is 17.1 Å². The van der Waals surface area contributed by atoms with Crippen LogP contribution in [0.5, 0.6) is 0 Å². The van der Waals surface area contributed by atoms with Crippen molar-refractivity contribution < 1.29 is 19.2 Å². The Morgan fingerprint density at radius 2 is 1.90 bits per heavy atom. The van der Waals surface area contributed by atoms with E-state index in [-0.39, 0.29) is 5.69 Å². The van der Waals surface area contributed by atoms with E-state index in [1.165, 1.54) is 12.1 Å². The number of aromatic nitrogens is 1. The van der Waals surface area contributed by atoms with Crippen LogP contribution in [0, 0.1) is 17.0 Å². The third kappa shape index (κ3) is 4.09. The number of rotatable bonds is 5. The van der Waals surface area contributed by atoms with Gasteiger partial charge < -0.3 is 10.1 Å². The molecule has 2 aromatic carbocycles. The largest absolute Gasteiger partial charge is 0.452 e. The summed E-state index contributed by atoms with van der Waals surface area (Å²) in [5, 5.41) is 14.4. The van der Waals surface area contributed by atoms with Crippen molar-refractivity contribution in [1.82, 2.24) is 4.98 Å². The van der Waals surface area contributed by atoms with Gasteiger partial charge in [0.15, 0.2) is 6.61 Å². The van der Waals surface area contributed by atoms with E-state index in [0.29, 0.717) is 22.2 Å². The first kappa shape index (κ1) is 20.5. The van der Waals surface area contributed by atoms with Crippen LogP contribution < -0.4 is 5.32 Å². The number of nitro benzene ring substituents is 1. The van der Waals surface area contributed by atoms with Gasteiger partial charge in [0.1, 0.15) is 0 Å². The maximum Gasteiger partial charge on any atom is 0.339 e. The summed E-state index contributed by atoms with van der Waals surface area (Å²) in [6.45, 7) is 1.06. The summed E-state index contributed by atoms with van der Waals surface area (Å²) in [5.41, 5.74) is 3.55. The lowest BCUT2D eigenvalue weighted by Crippen LogP contribution is -2.23. The molecule has 0 aliphatic heterocycles. The molecule has 0 unspecified atom stereocenters. The van der Waals surface area contributed by atoms with Crippen LogP contribution in [0.1, 0.15) is 40.0 Å². The topological polar surface area (TPSA) is 111 Å². The zero-order valence-electron chi connectivity index (χ0n) is 17.0. The van der Waals surface area contributed by atoms with E-state index < -0.39 is 23.4 Å². The molecule has 1 aromatic heterocycles. The second kappa shape index (κ2) is 8.51. The van der Waals surface area contributed by atoms with Crippen molar-refractivity contribution in [2.24, 2.45) is 0 Å². The number of carbonyl (C=O) groups excluding carboxylic acids is 2. The first-order valence-electron chi connectivity index (χ1n) is 10.1. The number of amides is 1. The van der Waals surface area contributed by atoms with E-state index >= 15 is 0 Å². The standard InChI is InChI=1S/C23H21N3O5/c1-14-17(11-6-12-20(14)26(29)30)25-21(27)13-31-23(28)22-15-7-2-4-9-18(15)24-19-10-5-3-8-16(19)22/h2,4,6-7,9,11-12H,3,5,8,10,13H2,1H3,(H,25,27). The Morgan fingerprint density at radius 1 is 1.13 bits per heavy atom. The molecule has 0 radical (unpaired) electrons. The number of nitrogens with one attached hydrogen (secondary N) is 1. The van der Waals surface area contributed by atoms with E-state index in [0.717, 1.165) is 42.5 Å². The van der Waals surface area contributed by atoms with Gasteiger partial charge in [0.2, 0.25) is 0 Å². The van der Waals surface area contributed by atoms with Gasteiger partial charge in [-0.2, -0.15) is 0 Å². The third-order valence-electron chi connectivity index (χ3n) is 5.48. The fourth-order valence-corrected chi connectivity index (χ4v) is 3.95. The number of anilines is 1. The number of carbonyl (C=O) groups is 2. The van der Waals surface area contributed by atoms with Crippen molar-refractivity contribution in [2.75, 3.05) is 11.9 Å². The highest BCUT2D eigenvalue weighted by Gasteiger charge is 2.24. The first-order chi connectivity index (χ1) is 15.0. The van der Waals surface area contributed by atoms with E-state index in [1.807, 2.05) is 24.3 Å². The molecule has 1 N–H and O–H groups in total. The molecule has 8 nitrogen and oxygen atoms in total. The Hall–Kier alpha value is -3.81. The summed E-state index contributed by atoms with van der Waals surface area (Å²) < 4.78 is 5.34. The van der Waals surface area contributed by atoms with Crippen LogP contribution in [0.3, 0.4) is 0 Å². The number of ether oxygens (including phenoxy) is 1. The van der Waals surface area contributed by atoms with Crippen LogP contribution in [-0.4, -0.2) is 28.4 Å². The van der Waals surface area contributed by atoms with Gasteiger partial charge in [-0.15, -0.1) is 0 Å². The SMILES string of the molecule is Cc1c(NC(=O)COC(=O)c2c3c(nc4ccccc24)CCCC3)cccc1[N+](=O)[O-]. The van der Waals surface area contributed by atoms with E-state index in [1.54, 1.807) is 13.0 Å². The molecular formula is C23H21N3O5. The van der Waals surface area contributed by atoms with Gasteiger partial charge in [-0.05, 0) is 50.3 Å². The number of aryl methyl sites for hydroxylation is 1. The summed E-state index contributed by atoms with van der Waals surface area (Å²) in [6.07, 6.45) is 3.56. The van der Waals surface area contributed by atoms with Crippen molar-refractivity contribution in [3.05, 3.63) is 75.0 Å². The Balaban J connectivity index is 1.53. The highest BCUT2D eigenvalue weighted by Crippen LogP contribution is 2.30. The Morgan fingerprint density at radius 3 is 2.71 bits per heavy atom. The van der Waals surface area contributed by atoms with Crippen LogP contribution in [0.25, 0.3) is 10.9 Å². The maximum atomic E-state index is 13.0. The van der Waals surface area contributed by atoms with Gasteiger partial charge in [-0.1, -0.05) is 24.3 Å². The zero-order chi connectivity index (χ0) is 22.0. The minimum atomic E-state index is -0.567. The molecule has 31 heavy (non-hydrogen) atoms. The van der Waals surface area contributed by atoms with Gasteiger partial charge in [0.25, 0.3) is 11.6 Å². The molecule has 1 aliphatic carbocycles. The lowest BCUT2D eigenvalue weighted by molar-refractivity contribution is -0.385. The third-order valence-corrected chi connectivity index (χ3v) is 5.48. The number of hydrogen-bond acceptors (Lipinski definition) is 6. The highest BCUT2D eigenvalue weighted by molar-refractivity contribution is 6.06. The predicted octanol–water partition coefficient (Wildman–Crippen LogP) is 4.13. The minimum absolute atomic E-state index is 0.0929. The summed E-state index contributed by atoms with van der Waals surface area (Å²) in [4.78, 5) is 40.6. The molecule has 0 saturated carbocycles. The molecule has 0 saturated heterocycles. The molecule has 4 rings (SSSR count). The first-order valence-corrected chi connectivity index (χ1v) is 10.1. The number of benzene rings is 2. The predicted molar refractivity (Wildman–Crippen MR) is 115 cm³/mol. The average Bonchev–Trinajstić information content (AvgIpc) is 2.77. The average molecular weight is 419 g/mol. The molecule has 0 atom stereocenters. The summed E-state index contributed by atoms with van der Waals surface area (Å²) in [5.74, 6) is -1.13. The van der Waals surface area contributed by atoms with Gasteiger partial charge in [-0.3, -0.25) is 19.9 Å². The number of para-hydroxylation sites is 1. The fourth-order valence-electron chi connectivity index (χ4n) is 3.95. The van der Waals surface area contributed by atoms with Gasteiger partial charge >= 0.3 is 5.97 Å². The van der Waals surface area contributed by atoms with Crippen molar-refractivity contribution in [3.8, 4) is 0 Å². The van der Waals surface area contributed by atoms with Crippen LogP contribution in [0.15, 0.2) is 42.5 Å². The summed E-state index contributed by atoms with van der Waals surface area (Å²) in [7, 11) is 0. The van der Waals surface area contributed by atoms with Gasteiger partial charge in [0.05, 0.1) is 27.3 Å². The molecule has 1 amide bonds. The molecule has 3 aromatic rings. The summed E-state index contributed by atoms with van der Waals surface area (Å²) >= 11 is 0. The molecule has 158 valence electrons. The summed E-state index contributed by atoms with van der Waals surface area (Å²) in [6, 6.07) is 11.8. The molecule has 1 heterocycles. The zero-order valence-corrected chi connectivity index (χ0v) is 17.0. The van der Waals surface area contributed by atoms with Crippen molar-refractivity contribution >= 4 is 34.2 Å². The van der Waals surface area contributed by atoms with Crippen LogP contribution >= 0.6 is 0 Å². The Kier molecular flexibility index (Phi) is 5.62. The normalized spacial score (nSPS) is 12.8. The van der Waals surface area contributed by atoms with Crippen molar-refractivity contribution in [2.45, 2.75) is 32.6 Å². The van der Waals surface area contributed by atoms with Crippen LogP contribution in [-0.2, 0) is 22.4 Å². The molecule has 1 aliphatic rings. The maximum absolute atomic E-state index is 13.0. The van der Waals surface area contributed by atoms with E-state index in [9.17, 15) is 19.7 Å². The molecule has 0 fully saturated rings.